The number of rotatable bonds is 41. The van der Waals surface area contributed by atoms with E-state index < -0.39 is 49.5 Å². The molecule has 1 rings (SSSR count). The van der Waals surface area contributed by atoms with E-state index in [-0.39, 0.29) is 24.9 Å². The fourth-order valence-electron chi connectivity index (χ4n) is 7.40. The molecule has 7 atom stereocenters. The van der Waals surface area contributed by atoms with Gasteiger partial charge in [-0.05, 0) is 71.1 Å². The maximum Gasteiger partial charge on any atom is 0.305 e. The lowest BCUT2D eigenvalue weighted by Crippen LogP contribution is -2.60. The van der Waals surface area contributed by atoms with Crippen LogP contribution in [0.25, 0.3) is 0 Å². The number of allylic oxidation sites excluding steroid dienone is 9. The third-order valence-electron chi connectivity index (χ3n) is 11.4. The zero-order valence-electron chi connectivity index (χ0n) is 39.5. The van der Waals surface area contributed by atoms with Crippen LogP contribution >= 0.6 is 0 Å². The second-order valence-corrected chi connectivity index (χ2v) is 17.2. The van der Waals surface area contributed by atoms with Gasteiger partial charge in [0.1, 0.15) is 24.4 Å². The molecule has 7 unspecified atom stereocenters. The predicted molar refractivity (Wildman–Crippen MR) is 255 cm³/mol. The number of esters is 1. The molecule has 6 N–H and O–H groups in total. The Morgan fingerprint density at radius 2 is 1.16 bits per heavy atom. The maximum atomic E-state index is 12.9. The van der Waals surface area contributed by atoms with Gasteiger partial charge in [-0.1, -0.05) is 170 Å². The van der Waals surface area contributed by atoms with Gasteiger partial charge in [0, 0.05) is 12.8 Å². The van der Waals surface area contributed by atoms with E-state index in [1.54, 1.807) is 6.08 Å². The number of unbranched alkanes of at least 4 members (excludes halogenated alkanes) is 20. The van der Waals surface area contributed by atoms with Crippen molar-refractivity contribution in [3.8, 4) is 0 Å². The second kappa shape index (κ2) is 42.0. The first-order valence-electron chi connectivity index (χ1n) is 25.0. The van der Waals surface area contributed by atoms with Gasteiger partial charge in [0.05, 0.1) is 32.0 Å². The molecule has 1 heterocycles. The zero-order valence-corrected chi connectivity index (χ0v) is 39.5. The molecule has 63 heavy (non-hydrogen) atoms. The molecule has 1 fully saturated rings. The Morgan fingerprint density at radius 1 is 0.619 bits per heavy atom. The van der Waals surface area contributed by atoms with E-state index >= 15 is 0 Å². The van der Waals surface area contributed by atoms with Gasteiger partial charge in [-0.25, -0.2) is 0 Å². The first kappa shape index (κ1) is 58.4. The number of aliphatic hydroxyl groups excluding tert-OH is 5. The Labute approximate surface area is 382 Å². The summed E-state index contributed by atoms with van der Waals surface area (Å²) in [6.07, 6.45) is 42.0. The van der Waals surface area contributed by atoms with Crippen molar-refractivity contribution in [3.63, 3.8) is 0 Å². The minimum absolute atomic E-state index is 0.0412. The molecule has 1 aliphatic heterocycles. The third-order valence-corrected chi connectivity index (χ3v) is 11.4. The Hall–Kier alpha value is -2.64. The van der Waals surface area contributed by atoms with E-state index in [9.17, 15) is 35.1 Å². The molecular weight excluding hydrogens is 799 g/mol. The van der Waals surface area contributed by atoms with Crippen LogP contribution < -0.4 is 5.32 Å². The van der Waals surface area contributed by atoms with Gasteiger partial charge in [-0.3, -0.25) is 9.59 Å². The van der Waals surface area contributed by atoms with Crippen LogP contribution in [0.4, 0.5) is 0 Å². The van der Waals surface area contributed by atoms with Crippen molar-refractivity contribution >= 4 is 11.9 Å². The second-order valence-electron chi connectivity index (χ2n) is 17.2. The van der Waals surface area contributed by atoms with Crippen LogP contribution in [0, 0.1) is 0 Å². The molecular formula is C52H91NO10. The van der Waals surface area contributed by atoms with Crippen LogP contribution in [-0.4, -0.2) is 100 Å². The predicted octanol–water partition coefficient (Wildman–Crippen LogP) is 9.94. The summed E-state index contributed by atoms with van der Waals surface area (Å²) >= 11 is 0. The average Bonchev–Trinajstić information content (AvgIpc) is 3.28. The summed E-state index contributed by atoms with van der Waals surface area (Å²) in [5.74, 6) is -0.323. The van der Waals surface area contributed by atoms with E-state index in [4.69, 9.17) is 14.2 Å². The van der Waals surface area contributed by atoms with Crippen LogP contribution in [0.3, 0.4) is 0 Å². The molecule has 11 nitrogen and oxygen atoms in total. The SMILES string of the molecule is C/C=C/CC/C=C/CC/C=C/C(O)C(COC1OC(CO)C(O)C(O)C1O)NC(=O)CC/C=C\C/C=C\CCCCCCCCOC(=O)CCCCCCCCCCCCCCC. The van der Waals surface area contributed by atoms with Gasteiger partial charge in [0.25, 0.3) is 0 Å². The Bertz CT molecular complexity index is 1230. The van der Waals surface area contributed by atoms with Crippen molar-refractivity contribution < 1.29 is 49.3 Å². The average molecular weight is 890 g/mol. The number of aliphatic hydroxyl groups is 5. The highest BCUT2D eigenvalue weighted by Gasteiger charge is 2.44. The summed E-state index contributed by atoms with van der Waals surface area (Å²) in [5.41, 5.74) is 0. The zero-order chi connectivity index (χ0) is 46.0. The van der Waals surface area contributed by atoms with E-state index in [1.165, 1.54) is 83.5 Å². The Morgan fingerprint density at radius 3 is 1.78 bits per heavy atom. The first-order chi connectivity index (χ1) is 30.7. The van der Waals surface area contributed by atoms with E-state index in [0.717, 1.165) is 70.6 Å². The number of amides is 1. The van der Waals surface area contributed by atoms with Crippen LogP contribution in [0.2, 0.25) is 0 Å². The molecule has 11 heteroatoms. The van der Waals surface area contributed by atoms with Gasteiger partial charge in [0.2, 0.25) is 5.91 Å². The van der Waals surface area contributed by atoms with Crippen molar-refractivity contribution in [2.24, 2.45) is 0 Å². The highest BCUT2D eigenvalue weighted by molar-refractivity contribution is 5.76. The van der Waals surface area contributed by atoms with Crippen molar-refractivity contribution in [2.75, 3.05) is 19.8 Å². The summed E-state index contributed by atoms with van der Waals surface area (Å²) in [4.78, 5) is 24.9. The summed E-state index contributed by atoms with van der Waals surface area (Å²) < 4.78 is 16.6. The smallest absolute Gasteiger partial charge is 0.305 e. The summed E-state index contributed by atoms with van der Waals surface area (Å²) in [7, 11) is 0. The molecule has 0 aromatic rings. The topological polar surface area (TPSA) is 175 Å². The molecule has 0 radical (unpaired) electrons. The molecule has 1 saturated heterocycles. The number of hydrogen-bond acceptors (Lipinski definition) is 10. The molecule has 1 amide bonds. The summed E-state index contributed by atoms with van der Waals surface area (Å²) in [5, 5.41) is 53.9. The highest BCUT2D eigenvalue weighted by atomic mass is 16.7. The maximum absolute atomic E-state index is 12.9. The van der Waals surface area contributed by atoms with Crippen molar-refractivity contribution in [3.05, 3.63) is 60.8 Å². The fraction of sp³-hybridized carbons (Fsp3) is 0.769. The summed E-state index contributed by atoms with van der Waals surface area (Å²) in [6.45, 7) is 3.97. The molecule has 0 aromatic heterocycles. The number of carbonyl (C=O) groups excluding carboxylic acids is 2. The Balaban J connectivity index is 2.20. The lowest BCUT2D eigenvalue weighted by atomic mass is 9.99. The first-order valence-corrected chi connectivity index (χ1v) is 25.0. The number of carbonyl (C=O) groups is 2. The Kier molecular flexibility index (Phi) is 38.9. The van der Waals surface area contributed by atoms with Crippen molar-refractivity contribution in [1.29, 1.82) is 0 Å². The number of nitrogens with one attached hydrogen (secondary N) is 1. The summed E-state index contributed by atoms with van der Waals surface area (Å²) in [6, 6.07) is -0.877. The van der Waals surface area contributed by atoms with Crippen LogP contribution in [0.15, 0.2) is 60.8 Å². The number of ether oxygens (including phenoxy) is 3. The van der Waals surface area contributed by atoms with Gasteiger partial charge < -0.3 is 45.1 Å². The molecule has 0 bridgehead atoms. The monoisotopic (exact) mass is 890 g/mol. The van der Waals surface area contributed by atoms with Crippen molar-refractivity contribution in [1.82, 2.24) is 5.32 Å². The molecule has 0 spiro atoms. The lowest BCUT2D eigenvalue weighted by molar-refractivity contribution is -0.302. The van der Waals surface area contributed by atoms with E-state index in [2.05, 4.69) is 42.6 Å². The van der Waals surface area contributed by atoms with Crippen LogP contribution in [-0.2, 0) is 23.8 Å². The van der Waals surface area contributed by atoms with Gasteiger partial charge in [-0.15, -0.1) is 0 Å². The molecule has 0 saturated carbocycles. The standard InChI is InChI=1S/C52H91NO10/c1-3-5-7-9-11-13-14-16-20-24-28-32-36-40-48(57)61-41-37-33-29-25-21-18-15-17-19-23-27-31-35-39-47(56)53-44(45(55)38-34-30-26-22-12-10-8-6-4-2)43-62-52-51(60)50(59)49(58)46(42-54)63-52/h4,6,12,17,19,22,27,31,34,38,44-46,49-52,54-55,58-60H,3,5,7-11,13-16,18,20-21,23-26,28-30,32-33,35-37,39-43H2,1-2H3,(H,53,56)/b6-4+,19-17-,22-12+,31-27-,38-34+. The van der Waals surface area contributed by atoms with Gasteiger partial charge in [0.15, 0.2) is 6.29 Å². The molecule has 0 aromatic carbocycles. The largest absolute Gasteiger partial charge is 0.466 e. The minimum atomic E-state index is -1.60. The van der Waals surface area contributed by atoms with Gasteiger partial charge >= 0.3 is 5.97 Å². The van der Waals surface area contributed by atoms with E-state index in [1.807, 2.05) is 31.2 Å². The van der Waals surface area contributed by atoms with Crippen LogP contribution in [0.5, 0.6) is 0 Å². The quantitative estimate of drug-likeness (QED) is 0.0197. The molecule has 1 aliphatic rings. The molecule has 364 valence electrons. The lowest BCUT2D eigenvalue weighted by Gasteiger charge is -2.40. The highest BCUT2D eigenvalue weighted by Crippen LogP contribution is 2.22. The van der Waals surface area contributed by atoms with Gasteiger partial charge in [-0.2, -0.15) is 0 Å². The third kappa shape index (κ3) is 32.6. The number of hydrogen-bond donors (Lipinski definition) is 6. The minimum Gasteiger partial charge on any atom is -0.466 e. The molecule has 0 aliphatic carbocycles. The van der Waals surface area contributed by atoms with Crippen LogP contribution in [0.1, 0.15) is 194 Å². The normalized spacial score (nSPS) is 20.5. The van der Waals surface area contributed by atoms with Crippen molar-refractivity contribution in [2.45, 2.75) is 236 Å². The fourth-order valence-corrected chi connectivity index (χ4v) is 7.40. The van der Waals surface area contributed by atoms with E-state index in [0.29, 0.717) is 25.9 Å².